The van der Waals surface area contributed by atoms with E-state index in [0.717, 1.165) is 19.0 Å². The zero-order valence-electron chi connectivity index (χ0n) is 6.55. The molecule has 0 unspecified atom stereocenters. The minimum atomic E-state index is 0. The molecule has 2 heteroatoms. The van der Waals surface area contributed by atoms with Gasteiger partial charge in [0.05, 0.1) is 0 Å². The summed E-state index contributed by atoms with van der Waals surface area (Å²) >= 11 is 0. The molecule has 0 bridgehead atoms. The van der Waals surface area contributed by atoms with Crippen LogP contribution in [0.1, 0.15) is 0 Å². The average molecular weight is 158 g/mol. The standard InChI is InChI=1S/C9H15B.Na.H/c1-4-7-10(8-5-2)9-6-3;;/h4-6H,1-3,7-9H2;;. The Morgan fingerprint density at radius 2 is 1.09 bits per heavy atom. The second kappa shape index (κ2) is 10.3. The normalized spacial score (nSPS) is 7.64. The molecular weight excluding hydrogens is 142 g/mol. The van der Waals surface area contributed by atoms with Gasteiger partial charge in [-0.1, -0.05) is 37.2 Å². The van der Waals surface area contributed by atoms with Crippen LogP contribution in [0, 0.1) is 0 Å². The van der Waals surface area contributed by atoms with Crippen molar-refractivity contribution in [1.29, 1.82) is 0 Å². The van der Waals surface area contributed by atoms with Gasteiger partial charge in [-0.2, -0.15) is 0 Å². The first-order chi connectivity index (χ1) is 4.85. The third-order valence-corrected chi connectivity index (χ3v) is 1.50. The van der Waals surface area contributed by atoms with Gasteiger partial charge in [-0.05, 0) is 0 Å². The maximum atomic E-state index is 3.70. The molecule has 11 heavy (non-hydrogen) atoms. The molecule has 0 radical (unpaired) electrons. The van der Waals surface area contributed by atoms with Gasteiger partial charge in [0.1, 0.15) is 0 Å². The summed E-state index contributed by atoms with van der Waals surface area (Å²) in [5, 5.41) is 0. The first-order valence-electron chi connectivity index (χ1n) is 3.67. The van der Waals surface area contributed by atoms with E-state index in [4.69, 9.17) is 0 Å². The predicted octanol–water partition coefficient (Wildman–Crippen LogP) is 2.39. The first-order valence-corrected chi connectivity index (χ1v) is 3.67. The summed E-state index contributed by atoms with van der Waals surface area (Å²) in [6.07, 6.45) is 9.07. The van der Waals surface area contributed by atoms with Gasteiger partial charge in [0.2, 0.25) is 0 Å². The summed E-state index contributed by atoms with van der Waals surface area (Å²) < 4.78 is 0. The van der Waals surface area contributed by atoms with Crippen LogP contribution >= 0.6 is 0 Å². The van der Waals surface area contributed by atoms with E-state index in [1.807, 2.05) is 18.2 Å². The van der Waals surface area contributed by atoms with Crippen molar-refractivity contribution in [3.63, 3.8) is 0 Å². The van der Waals surface area contributed by atoms with E-state index in [9.17, 15) is 0 Å². The summed E-state index contributed by atoms with van der Waals surface area (Å²) in [5.74, 6) is 0. The average Bonchev–Trinajstić information content (AvgIpc) is 1.90. The first kappa shape index (κ1) is 13.8. The van der Waals surface area contributed by atoms with E-state index in [1.54, 1.807) is 0 Å². The van der Waals surface area contributed by atoms with Gasteiger partial charge >= 0.3 is 29.6 Å². The van der Waals surface area contributed by atoms with Crippen molar-refractivity contribution in [2.75, 3.05) is 0 Å². The molecular formula is C9H16BNa. The van der Waals surface area contributed by atoms with Gasteiger partial charge in [-0.3, -0.25) is 0 Å². The van der Waals surface area contributed by atoms with Crippen LogP contribution < -0.4 is 0 Å². The quantitative estimate of drug-likeness (QED) is 0.411. The molecule has 0 heterocycles. The Morgan fingerprint density at radius 3 is 1.27 bits per heavy atom. The fraction of sp³-hybridized carbons (Fsp3) is 0.333. The molecule has 0 aliphatic heterocycles. The van der Waals surface area contributed by atoms with Gasteiger partial charge < -0.3 is 0 Å². The monoisotopic (exact) mass is 158 g/mol. The second-order valence-corrected chi connectivity index (χ2v) is 2.44. The molecule has 0 aliphatic carbocycles. The summed E-state index contributed by atoms with van der Waals surface area (Å²) in [5.41, 5.74) is 0. The topological polar surface area (TPSA) is 0 Å². The van der Waals surface area contributed by atoms with Gasteiger partial charge in [-0.15, -0.1) is 19.7 Å². The molecule has 0 aliphatic rings. The Hall–Kier alpha value is 0.285. The van der Waals surface area contributed by atoms with E-state index < -0.39 is 0 Å². The SMILES string of the molecule is C=CCB(CC=C)CC=C.[NaH]. The Labute approximate surface area is 92.8 Å². The van der Waals surface area contributed by atoms with Crippen LogP contribution in [0.3, 0.4) is 0 Å². The van der Waals surface area contributed by atoms with Crippen LogP contribution in [-0.4, -0.2) is 36.3 Å². The van der Waals surface area contributed by atoms with Crippen molar-refractivity contribution in [3.05, 3.63) is 38.0 Å². The van der Waals surface area contributed by atoms with Crippen molar-refractivity contribution in [2.24, 2.45) is 0 Å². The number of allylic oxidation sites excluding steroid dienone is 3. The molecule has 0 amide bonds. The Balaban J connectivity index is 0. The molecule has 0 saturated heterocycles. The van der Waals surface area contributed by atoms with Crippen LogP contribution in [0.5, 0.6) is 0 Å². The zero-order valence-corrected chi connectivity index (χ0v) is 6.55. The Bertz CT molecular complexity index is 97.0. The van der Waals surface area contributed by atoms with Crippen LogP contribution in [0.4, 0.5) is 0 Å². The van der Waals surface area contributed by atoms with E-state index in [0.29, 0.717) is 6.71 Å². The van der Waals surface area contributed by atoms with Crippen molar-refractivity contribution in [2.45, 2.75) is 19.0 Å². The summed E-state index contributed by atoms with van der Waals surface area (Å²) in [6.45, 7) is 11.8. The van der Waals surface area contributed by atoms with E-state index in [2.05, 4.69) is 19.7 Å². The molecule has 0 fully saturated rings. The number of rotatable bonds is 6. The van der Waals surface area contributed by atoms with Gasteiger partial charge in [-0.25, -0.2) is 0 Å². The third-order valence-electron chi connectivity index (χ3n) is 1.50. The Morgan fingerprint density at radius 1 is 0.818 bits per heavy atom. The third kappa shape index (κ3) is 8.19. The van der Waals surface area contributed by atoms with Crippen LogP contribution in [-0.2, 0) is 0 Å². The summed E-state index contributed by atoms with van der Waals surface area (Å²) in [7, 11) is 0. The number of hydrogen-bond acceptors (Lipinski definition) is 0. The molecule has 0 rings (SSSR count). The molecule has 0 saturated carbocycles. The molecule has 0 spiro atoms. The second-order valence-electron chi connectivity index (χ2n) is 2.44. The molecule has 0 aromatic rings. The van der Waals surface area contributed by atoms with Gasteiger partial charge in [0.15, 0.2) is 6.71 Å². The van der Waals surface area contributed by atoms with E-state index >= 15 is 0 Å². The molecule has 0 N–H and O–H groups in total. The van der Waals surface area contributed by atoms with Crippen molar-refractivity contribution in [1.82, 2.24) is 0 Å². The van der Waals surface area contributed by atoms with Crippen LogP contribution in [0.25, 0.3) is 0 Å². The van der Waals surface area contributed by atoms with Crippen molar-refractivity contribution >= 4 is 36.3 Å². The zero-order chi connectivity index (χ0) is 7.82. The molecule has 0 atom stereocenters. The van der Waals surface area contributed by atoms with Crippen LogP contribution in [0.15, 0.2) is 38.0 Å². The van der Waals surface area contributed by atoms with Crippen molar-refractivity contribution in [3.8, 4) is 0 Å². The van der Waals surface area contributed by atoms with Crippen LogP contribution in [0.2, 0.25) is 19.0 Å². The molecule has 56 valence electrons. The van der Waals surface area contributed by atoms with Gasteiger partial charge in [0.25, 0.3) is 0 Å². The van der Waals surface area contributed by atoms with E-state index in [-0.39, 0.29) is 29.6 Å². The fourth-order valence-corrected chi connectivity index (χ4v) is 0.996. The fourth-order valence-electron chi connectivity index (χ4n) is 0.996. The molecule has 0 aromatic carbocycles. The van der Waals surface area contributed by atoms with Gasteiger partial charge in [0, 0.05) is 0 Å². The summed E-state index contributed by atoms with van der Waals surface area (Å²) in [6, 6.07) is 0. The number of hydrogen-bond donors (Lipinski definition) is 0. The summed E-state index contributed by atoms with van der Waals surface area (Å²) in [4.78, 5) is 0. The van der Waals surface area contributed by atoms with Crippen molar-refractivity contribution < 1.29 is 0 Å². The maximum absolute atomic E-state index is 3.70. The molecule has 0 nitrogen and oxygen atoms in total. The molecule has 0 aromatic heterocycles. The predicted molar refractivity (Wildman–Crippen MR) is 57.9 cm³/mol. The minimum absolute atomic E-state index is 0. The Kier molecular flexibility index (Phi) is 12.9. The van der Waals surface area contributed by atoms with E-state index in [1.165, 1.54) is 0 Å².